The maximum Gasteiger partial charge on any atom is 0.239 e. The van der Waals surface area contributed by atoms with E-state index in [4.69, 9.17) is 18.9 Å². The van der Waals surface area contributed by atoms with Gasteiger partial charge in [-0.15, -0.1) is 0 Å². The number of Topliss-reactive ketones (excluding diaryl/α,β-unsaturated/α-hetero) is 3. The molecule has 3 rings (SSSR count). The molecule has 15 N–H and O–H groups in total. The SMILES string of the molecule is CCNC(=O)CNC(=O)C(CC(=O)CC(CC(=O)NCC(=O)NCCCCCCO[C@@H]1O[C@H](CO)[C@H](O)[C@H](O)[C@H]1NC(C)=O)C(=O)NCC(=O)CCCCCCCO[C@@H]1O[C@H](CO)[C@H](O)[C@H](O)[C@H]1NC(C)=O)CC(=O)C(Cc1ccc(O)cc1)NC. The molecule has 29 heteroatoms. The molecule has 0 saturated carbocycles. The van der Waals surface area contributed by atoms with Gasteiger partial charge in [-0.05, 0) is 63.8 Å². The predicted molar refractivity (Wildman–Crippen MR) is 305 cm³/mol. The summed E-state index contributed by atoms with van der Waals surface area (Å²) in [6.45, 7) is 2.39. The minimum absolute atomic E-state index is 0.0187. The van der Waals surface area contributed by atoms with Crippen molar-refractivity contribution in [2.45, 2.75) is 184 Å². The molecule has 0 aromatic heterocycles. The zero-order valence-electron chi connectivity index (χ0n) is 49.6. The molecular formula is C57H92N8O21. The highest BCUT2D eigenvalue weighted by atomic mass is 16.7. The summed E-state index contributed by atoms with van der Waals surface area (Å²) in [6.07, 6.45) is -7.05. The molecule has 13 atom stereocenters. The third-order valence-corrected chi connectivity index (χ3v) is 14.4. The van der Waals surface area contributed by atoms with Crippen LogP contribution in [0.3, 0.4) is 0 Å². The Bertz CT molecular complexity index is 2320. The normalized spacial score (nSPS) is 22.9. The lowest BCUT2D eigenvalue weighted by atomic mass is 9.87. The maximum atomic E-state index is 13.9. The summed E-state index contributed by atoms with van der Waals surface area (Å²) in [5.41, 5.74) is 0.687. The average Bonchev–Trinajstić information content (AvgIpc) is 2.14. The molecule has 2 saturated heterocycles. The van der Waals surface area contributed by atoms with E-state index >= 15 is 0 Å². The highest BCUT2D eigenvalue weighted by molar-refractivity contribution is 5.97. The Balaban J connectivity index is 1.58. The molecule has 0 spiro atoms. The van der Waals surface area contributed by atoms with Crippen LogP contribution in [-0.2, 0) is 73.3 Å². The summed E-state index contributed by atoms with van der Waals surface area (Å²) in [4.78, 5) is 130. The van der Waals surface area contributed by atoms with Crippen molar-refractivity contribution in [1.82, 2.24) is 42.5 Å². The van der Waals surface area contributed by atoms with Gasteiger partial charge in [0.2, 0.25) is 41.4 Å². The highest BCUT2D eigenvalue weighted by Crippen LogP contribution is 2.25. The zero-order chi connectivity index (χ0) is 63.7. The summed E-state index contributed by atoms with van der Waals surface area (Å²) in [5.74, 6) is -8.66. The molecule has 29 nitrogen and oxygen atoms in total. The Morgan fingerprint density at radius 2 is 1.02 bits per heavy atom. The fourth-order valence-electron chi connectivity index (χ4n) is 9.69. The van der Waals surface area contributed by atoms with E-state index in [1.807, 2.05) is 0 Å². The number of phenolic OH excluding ortho intramolecular Hbond substituents is 1. The summed E-state index contributed by atoms with van der Waals surface area (Å²) in [7, 11) is 1.54. The van der Waals surface area contributed by atoms with E-state index in [0.29, 0.717) is 63.4 Å². The van der Waals surface area contributed by atoms with Crippen LogP contribution < -0.4 is 42.5 Å². The number of nitrogens with one attached hydrogen (secondary N) is 8. The van der Waals surface area contributed by atoms with Gasteiger partial charge in [-0.2, -0.15) is 0 Å². The Kier molecular flexibility index (Phi) is 34.8. The largest absolute Gasteiger partial charge is 0.508 e. The van der Waals surface area contributed by atoms with Crippen molar-refractivity contribution in [3.8, 4) is 5.75 Å². The molecule has 2 aliphatic heterocycles. The molecule has 1 aromatic carbocycles. The maximum absolute atomic E-state index is 13.9. The standard InChI is InChI=1S/C57H92N8O21/c1-5-59-46(75)30-63-54(81)36(26-42(73)41(58-4)23-35-16-18-38(70)19-17-35)24-40(72)25-37(55(82)62-28-39(71)15-11-7-6-9-13-21-83-56-48(64-33(2)68)52(79)50(77)43(31-66)85-56)27-45(74)61-29-47(76)60-20-12-8-10-14-22-84-57-49(65-34(3)69)53(80)51(78)44(32-67)86-57/h16-19,36-37,41,43-44,48-53,56-58,66-67,70,77-80H,5-15,20-32H2,1-4H3,(H,59,75)(H,60,76)(H,61,74)(H,62,82)(H,63,81)(H,64,68)(H,65,69)/t36?,37?,41?,43-,44-,48-,49-,50+,51+,52-,53-,56-,57-/m1/s1. The van der Waals surface area contributed by atoms with Gasteiger partial charge in [-0.3, -0.25) is 47.9 Å². The predicted octanol–water partition coefficient (Wildman–Crippen LogP) is -3.55. The number of ether oxygens (including phenoxy) is 4. The van der Waals surface area contributed by atoms with Crippen LogP contribution in [0, 0.1) is 11.8 Å². The van der Waals surface area contributed by atoms with E-state index in [1.54, 1.807) is 26.1 Å². The van der Waals surface area contributed by atoms with Gasteiger partial charge >= 0.3 is 0 Å². The number of hydrogen-bond donors (Lipinski definition) is 15. The van der Waals surface area contributed by atoms with Crippen molar-refractivity contribution in [1.29, 1.82) is 0 Å². The topological polar surface area (TPSA) is 445 Å². The van der Waals surface area contributed by atoms with E-state index in [0.717, 1.165) is 0 Å². The lowest BCUT2D eigenvalue weighted by molar-refractivity contribution is -0.270. The van der Waals surface area contributed by atoms with Crippen LogP contribution in [0.5, 0.6) is 5.75 Å². The third-order valence-electron chi connectivity index (χ3n) is 14.4. The first-order valence-electron chi connectivity index (χ1n) is 29.4. The van der Waals surface area contributed by atoms with Gasteiger partial charge in [0.15, 0.2) is 24.1 Å². The smallest absolute Gasteiger partial charge is 0.239 e. The summed E-state index contributed by atoms with van der Waals surface area (Å²) in [6, 6.07) is 3.18. The number of rotatable bonds is 42. The van der Waals surface area contributed by atoms with E-state index in [1.165, 1.54) is 26.0 Å². The first kappa shape index (κ1) is 74.1. The van der Waals surface area contributed by atoms with Crippen LogP contribution in [0.1, 0.15) is 116 Å². The number of aliphatic hydroxyl groups excluding tert-OH is 6. The molecule has 2 fully saturated rings. The number of carbonyl (C=O) groups excluding carboxylic acids is 10. The second kappa shape index (κ2) is 40.4. The number of hydrogen-bond acceptors (Lipinski definition) is 22. The molecule has 0 bridgehead atoms. The first-order chi connectivity index (χ1) is 41.0. The van der Waals surface area contributed by atoms with Gasteiger partial charge in [-0.25, -0.2) is 0 Å². The first-order valence-corrected chi connectivity index (χ1v) is 29.4. The highest BCUT2D eigenvalue weighted by Gasteiger charge is 2.46. The zero-order valence-corrected chi connectivity index (χ0v) is 49.6. The second-order valence-electron chi connectivity index (χ2n) is 21.5. The second-order valence-corrected chi connectivity index (χ2v) is 21.5. The van der Waals surface area contributed by atoms with E-state index in [2.05, 4.69) is 42.5 Å². The minimum Gasteiger partial charge on any atom is -0.508 e. The molecular weight excluding hydrogens is 1130 g/mol. The van der Waals surface area contributed by atoms with Gasteiger partial charge < -0.3 is 97.2 Å². The minimum atomic E-state index is -1.45. The number of unbranched alkanes of at least 4 members (excludes halogenated alkanes) is 7. The Morgan fingerprint density at radius 3 is 1.53 bits per heavy atom. The molecule has 2 heterocycles. The molecule has 2 aliphatic rings. The number of ketones is 3. The lowest BCUT2D eigenvalue weighted by Crippen LogP contribution is -2.64. The van der Waals surface area contributed by atoms with Crippen LogP contribution in [0.15, 0.2) is 24.3 Å². The van der Waals surface area contributed by atoms with Crippen molar-refractivity contribution in [3.63, 3.8) is 0 Å². The molecule has 7 amide bonds. The van der Waals surface area contributed by atoms with Crippen molar-refractivity contribution in [2.75, 3.05) is 66.2 Å². The number of likely N-dealkylation sites (N-methyl/N-ethyl adjacent to an activating group) is 2. The molecule has 0 aliphatic carbocycles. The van der Waals surface area contributed by atoms with Crippen LogP contribution in [0.2, 0.25) is 0 Å². The number of phenols is 1. The Hall–Kier alpha value is -6.12. The number of benzene rings is 1. The number of amides is 7. The van der Waals surface area contributed by atoms with E-state index in [-0.39, 0.29) is 50.7 Å². The van der Waals surface area contributed by atoms with Crippen LogP contribution in [-0.4, -0.2) is 228 Å². The Labute approximate surface area is 500 Å². The molecule has 486 valence electrons. The fraction of sp³-hybridized carbons (Fsp3) is 0.719. The van der Waals surface area contributed by atoms with Gasteiger partial charge in [0, 0.05) is 72.3 Å². The van der Waals surface area contributed by atoms with E-state index < -0.39 is 191 Å². The van der Waals surface area contributed by atoms with Crippen LogP contribution in [0.25, 0.3) is 0 Å². The van der Waals surface area contributed by atoms with Gasteiger partial charge in [0.25, 0.3) is 0 Å². The van der Waals surface area contributed by atoms with Gasteiger partial charge in [0.1, 0.15) is 60.2 Å². The number of aliphatic hydroxyl groups is 6. The monoisotopic (exact) mass is 1220 g/mol. The van der Waals surface area contributed by atoms with Gasteiger partial charge in [0.05, 0.1) is 50.7 Å². The summed E-state index contributed by atoms with van der Waals surface area (Å²) >= 11 is 0. The van der Waals surface area contributed by atoms with Crippen molar-refractivity contribution in [3.05, 3.63) is 29.8 Å². The third kappa shape index (κ3) is 27.3. The fourth-order valence-corrected chi connectivity index (χ4v) is 9.69. The molecule has 3 unspecified atom stereocenters. The van der Waals surface area contributed by atoms with E-state index in [9.17, 15) is 83.7 Å². The number of aromatic hydroxyl groups is 1. The Morgan fingerprint density at radius 1 is 0.547 bits per heavy atom. The quantitative estimate of drug-likeness (QED) is 0.0282. The summed E-state index contributed by atoms with van der Waals surface area (Å²) < 4.78 is 22.6. The summed E-state index contributed by atoms with van der Waals surface area (Å²) in [5, 5.41) is 90.8. The average molecular weight is 1230 g/mol. The molecule has 86 heavy (non-hydrogen) atoms. The van der Waals surface area contributed by atoms with Crippen LogP contribution >= 0.6 is 0 Å². The van der Waals surface area contributed by atoms with Crippen molar-refractivity contribution in [2.24, 2.45) is 11.8 Å². The lowest BCUT2D eigenvalue weighted by Gasteiger charge is -2.42. The molecule has 1 aromatic rings. The van der Waals surface area contributed by atoms with Crippen molar-refractivity contribution < 1.29 is 103 Å². The molecule has 0 radical (unpaired) electrons. The van der Waals surface area contributed by atoms with Gasteiger partial charge in [-0.1, -0.05) is 44.2 Å². The van der Waals surface area contributed by atoms with Crippen LogP contribution in [0.4, 0.5) is 0 Å². The van der Waals surface area contributed by atoms with Crippen molar-refractivity contribution >= 4 is 58.7 Å². The number of carbonyl (C=O) groups is 10.